The fourth-order valence-corrected chi connectivity index (χ4v) is 1.49. The number of hydrogen-bond acceptors (Lipinski definition) is 4. The minimum atomic E-state index is -4.49. The van der Waals surface area contributed by atoms with E-state index in [0.29, 0.717) is 0 Å². The van der Waals surface area contributed by atoms with Crippen LogP contribution < -0.4 is 11.1 Å². The largest absolute Gasteiger partial charge is 0.416 e. The maximum Gasteiger partial charge on any atom is 0.416 e. The molecule has 0 radical (unpaired) electrons. The van der Waals surface area contributed by atoms with E-state index in [2.05, 4.69) is 5.32 Å². The van der Waals surface area contributed by atoms with Crippen LogP contribution in [-0.4, -0.2) is 29.5 Å². The van der Waals surface area contributed by atoms with Crippen LogP contribution in [0, 0.1) is 0 Å². The van der Waals surface area contributed by atoms with Crippen molar-refractivity contribution in [1.29, 1.82) is 0 Å². The fraction of sp³-hybridized carbons (Fsp3) is 0.455. The predicted octanol–water partition coefficient (Wildman–Crippen LogP) is 0.929. The highest BCUT2D eigenvalue weighted by Gasteiger charge is 2.33. The second-order valence-corrected chi connectivity index (χ2v) is 3.78. The van der Waals surface area contributed by atoms with Crippen molar-refractivity contribution in [1.82, 2.24) is 0 Å². The number of hydrogen-bond donors (Lipinski definition) is 4. The summed E-state index contributed by atoms with van der Waals surface area (Å²) in [5, 5.41) is 20.3. The van der Waals surface area contributed by atoms with Crippen molar-refractivity contribution in [2.24, 2.45) is 5.73 Å². The summed E-state index contributed by atoms with van der Waals surface area (Å²) in [4.78, 5) is 0. The van der Waals surface area contributed by atoms with Crippen LogP contribution in [-0.2, 0) is 12.7 Å². The first-order chi connectivity index (χ1) is 8.42. The van der Waals surface area contributed by atoms with Gasteiger partial charge in [0.25, 0.3) is 0 Å². The molecule has 0 saturated carbocycles. The number of alkyl halides is 3. The van der Waals surface area contributed by atoms with Gasteiger partial charge in [0.05, 0.1) is 24.8 Å². The molecule has 0 spiro atoms. The van der Waals surface area contributed by atoms with Crippen LogP contribution in [0.4, 0.5) is 18.9 Å². The van der Waals surface area contributed by atoms with Crippen LogP contribution in [0.1, 0.15) is 11.1 Å². The van der Waals surface area contributed by atoms with Crippen LogP contribution in [0.3, 0.4) is 0 Å². The predicted molar refractivity (Wildman–Crippen MR) is 60.9 cm³/mol. The Kier molecular flexibility index (Phi) is 4.94. The molecule has 0 fully saturated rings. The third-order valence-electron chi connectivity index (χ3n) is 2.45. The van der Waals surface area contributed by atoms with Gasteiger partial charge in [-0.1, -0.05) is 6.07 Å². The van der Waals surface area contributed by atoms with E-state index in [1.165, 1.54) is 12.1 Å². The fourth-order valence-electron chi connectivity index (χ4n) is 1.49. The number of rotatable bonds is 5. The van der Waals surface area contributed by atoms with Gasteiger partial charge in [0.1, 0.15) is 0 Å². The molecule has 0 atom stereocenters. The Morgan fingerprint density at radius 2 is 1.83 bits per heavy atom. The van der Waals surface area contributed by atoms with Gasteiger partial charge in [-0.15, -0.1) is 0 Å². The first-order valence-corrected chi connectivity index (χ1v) is 5.30. The molecule has 18 heavy (non-hydrogen) atoms. The zero-order chi connectivity index (χ0) is 13.8. The molecule has 0 heterocycles. The van der Waals surface area contributed by atoms with Gasteiger partial charge >= 0.3 is 6.18 Å². The molecule has 7 heteroatoms. The van der Waals surface area contributed by atoms with Crippen LogP contribution >= 0.6 is 0 Å². The molecule has 5 N–H and O–H groups in total. The van der Waals surface area contributed by atoms with E-state index >= 15 is 0 Å². The van der Waals surface area contributed by atoms with Gasteiger partial charge in [-0.25, -0.2) is 0 Å². The van der Waals surface area contributed by atoms with Gasteiger partial charge in [-0.3, -0.25) is 0 Å². The molecule has 0 aliphatic rings. The molecule has 0 aliphatic carbocycles. The summed E-state index contributed by atoms with van der Waals surface area (Å²) in [6.45, 7) is -0.967. The van der Waals surface area contributed by atoms with E-state index in [-0.39, 0.29) is 31.0 Å². The summed E-state index contributed by atoms with van der Waals surface area (Å²) in [6, 6.07) is 2.92. The van der Waals surface area contributed by atoms with E-state index in [1.54, 1.807) is 0 Å². The highest BCUT2D eigenvalue weighted by atomic mass is 19.4. The summed E-state index contributed by atoms with van der Waals surface area (Å²) < 4.78 is 38.2. The van der Waals surface area contributed by atoms with Gasteiger partial charge < -0.3 is 21.3 Å². The van der Waals surface area contributed by atoms with E-state index in [0.717, 1.165) is 6.07 Å². The van der Waals surface area contributed by atoms with Crippen molar-refractivity contribution in [2.75, 3.05) is 18.5 Å². The maximum atomic E-state index is 12.7. The Labute approximate surface area is 102 Å². The summed E-state index contributed by atoms with van der Waals surface area (Å²) in [6.07, 6.45) is -4.49. The van der Waals surface area contributed by atoms with E-state index in [9.17, 15) is 13.2 Å². The number of aliphatic hydroxyl groups excluding tert-OH is 2. The third-order valence-corrected chi connectivity index (χ3v) is 2.45. The standard InChI is InChI=1S/C11H15F3N2O2/c12-11(13,14)10-3-8(2-1-7(10)4-15)16-9(5-17)6-18/h1-3,9,16-18H,4-6,15H2. The number of aliphatic hydroxyl groups is 2. The zero-order valence-electron chi connectivity index (χ0n) is 9.54. The summed E-state index contributed by atoms with van der Waals surface area (Å²) in [5.41, 5.74) is 4.61. The number of anilines is 1. The molecular formula is C11H15F3N2O2. The first kappa shape index (κ1) is 14.7. The van der Waals surface area contributed by atoms with Crippen LogP contribution in [0.15, 0.2) is 18.2 Å². The topological polar surface area (TPSA) is 78.5 Å². The average molecular weight is 264 g/mol. The molecule has 102 valence electrons. The van der Waals surface area contributed by atoms with Crippen molar-refractivity contribution in [2.45, 2.75) is 18.8 Å². The molecule has 0 aromatic heterocycles. The van der Waals surface area contributed by atoms with Gasteiger partial charge in [0.2, 0.25) is 0 Å². The minimum absolute atomic E-state index is 0.00223. The van der Waals surface area contributed by atoms with Crippen molar-refractivity contribution >= 4 is 5.69 Å². The highest BCUT2D eigenvalue weighted by molar-refractivity contribution is 5.50. The van der Waals surface area contributed by atoms with Gasteiger partial charge in [-0.05, 0) is 17.7 Å². The molecular weight excluding hydrogens is 249 g/mol. The second kappa shape index (κ2) is 6.03. The van der Waals surface area contributed by atoms with E-state index in [1.807, 2.05) is 0 Å². The lowest BCUT2D eigenvalue weighted by Crippen LogP contribution is -2.27. The van der Waals surface area contributed by atoms with Crippen molar-refractivity contribution in [3.63, 3.8) is 0 Å². The molecule has 0 amide bonds. The lowest BCUT2D eigenvalue weighted by molar-refractivity contribution is -0.138. The quantitative estimate of drug-likeness (QED) is 0.638. The molecule has 1 rings (SSSR count). The van der Waals surface area contributed by atoms with E-state index in [4.69, 9.17) is 15.9 Å². The SMILES string of the molecule is NCc1ccc(NC(CO)CO)cc1C(F)(F)F. The van der Waals surface area contributed by atoms with Crippen LogP contribution in [0.5, 0.6) is 0 Å². The Morgan fingerprint density at radius 3 is 2.28 bits per heavy atom. The molecule has 4 nitrogen and oxygen atoms in total. The first-order valence-electron chi connectivity index (χ1n) is 5.30. The molecule has 1 aromatic rings. The monoisotopic (exact) mass is 264 g/mol. The third kappa shape index (κ3) is 3.59. The Hall–Kier alpha value is -1.31. The smallest absolute Gasteiger partial charge is 0.394 e. The average Bonchev–Trinajstić information content (AvgIpc) is 2.34. The molecule has 1 aromatic carbocycles. The number of nitrogens with two attached hydrogens (primary N) is 1. The van der Waals surface area contributed by atoms with Crippen LogP contribution in [0.25, 0.3) is 0 Å². The molecule has 0 aliphatic heterocycles. The normalized spacial score (nSPS) is 11.9. The summed E-state index contributed by atoms with van der Waals surface area (Å²) in [5.74, 6) is 0. The van der Waals surface area contributed by atoms with Gasteiger partial charge in [-0.2, -0.15) is 13.2 Å². The molecule has 0 saturated heterocycles. The highest BCUT2D eigenvalue weighted by Crippen LogP contribution is 2.33. The van der Waals surface area contributed by atoms with Crippen molar-refractivity contribution < 1.29 is 23.4 Å². The van der Waals surface area contributed by atoms with Crippen molar-refractivity contribution in [3.8, 4) is 0 Å². The molecule has 0 unspecified atom stereocenters. The van der Waals surface area contributed by atoms with Crippen LogP contribution in [0.2, 0.25) is 0 Å². The Bertz CT molecular complexity index is 392. The lowest BCUT2D eigenvalue weighted by atomic mass is 10.1. The second-order valence-electron chi connectivity index (χ2n) is 3.78. The van der Waals surface area contributed by atoms with Crippen molar-refractivity contribution in [3.05, 3.63) is 29.3 Å². The minimum Gasteiger partial charge on any atom is -0.394 e. The van der Waals surface area contributed by atoms with Gasteiger partial charge in [0, 0.05) is 12.2 Å². The van der Waals surface area contributed by atoms with E-state index < -0.39 is 17.8 Å². The molecule has 0 bridgehead atoms. The Balaban J connectivity index is 3.03. The summed E-state index contributed by atoms with van der Waals surface area (Å²) >= 11 is 0. The number of benzene rings is 1. The lowest BCUT2D eigenvalue weighted by Gasteiger charge is -2.18. The Morgan fingerprint density at radius 1 is 1.22 bits per heavy atom. The number of halogens is 3. The summed E-state index contributed by atoms with van der Waals surface area (Å²) in [7, 11) is 0. The van der Waals surface area contributed by atoms with Gasteiger partial charge in [0.15, 0.2) is 0 Å². The maximum absolute atomic E-state index is 12.7. The number of nitrogens with one attached hydrogen (secondary N) is 1. The zero-order valence-corrected chi connectivity index (χ0v) is 9.54.